The lowest BCUT2D eigenvalue weighted by atomic mass is 9.98. The zero-order valence-electron chi connectivity index (χ0n) is 17.8. The van der Waals surface area contributed by atoms with Crippen molar-refractivity contribution in [3.05, 3.63) is 59.7 Å². The van der Waals surface area contributed by atoms with E-state index in [1.54, 1.807) is 4.90 Å². The number of nitrogens with zero attached hydrogens (tertiary/aromatic N) is 1. The third-order valence-corrected chi connectivity index (χ3v) is 6.66. The minimum absolute atomic E-state index is 0.0440. The Hall–Kier alpha value is -3.35. The second-order valence-corrected chi connectivity index (χ2v) is 8.91. The second-order valence-electron chi connectivity index (χ2n) is 8.91. The number of benzene rings is 2. The van der Waals surface area contributed by atoms with Gasteiger partial charge in [0.25, 0.3) is 0 Å². The lowest BCUT2D eigenvalue weighted by Gasteiger charge is -2.27. The molecule has 0 aromatic heterocycles. The lowest BCUT2D eigenvalue weighted by molar-refractivity contribution is -0.139. The number of hydrogen-bond acceptors (Lipinski definition) is 4. The van der Waals surface area contributed by atoms with Gasteiger partial charge in [-0.05, 0) is 47.9 Å². The van der Waals surface area contributed by atoms with E-state index in [0.717, 1.165) is 35.1 Å². The van der Waals surface area contributed by atoms with Crippen LogP contribution in [0.25, 0.3) is 11.1 Å². The predicted octanol–water partition coefficient (Wildman–Crippen LogP) is 3.52. The van der Waals surface area contributed by atoms with Crippen molar-refractivity contribution in [2.24, 2.45) is 0 Å². The maximum absolute atomic E-state index is 13.1. The molecule has 0 radical (unpaired) electrons. The summed E-state index contributed by atoms with van der Waals surface area (Å²) in [6, 6.07) is 16.3. The molecule has 0 spiro atoms. The van der Waals surface area contributed by atoms with Gasteiger partial charge in [0.15, 0.2) is 0 Å². The Morgan fingerprint density at radius 1 is 1.00 bits per heavy atom. The Labute approximate surface area is 186 Å². The zero-order chi connectivity index (χ0) is 22.3. The van der Waals surface area contributed by atoms with Crippen molar-refractivity contribution in [2.45, 2.75) is 49.6 Å². The van der Waals surface area contributed by atoms with E-state index in [0.29, 0.717) is 12.8 Å². The molecule has 2 aromatic carbocycles. The third kappa shape index (κ3) is 3.83. The van der Waals surface area contributed by atoms with Crippen LogP contribution in [-0.2, 0) is 14.3 Å². The third-order valence-electron chi connectivity index (χ3n) is 6.66. The average molecular weight is 434 g/mol. The van der Waals surface area contributed by atoms with Crippen molar-refractivity contribution < 1.29 is 24.2 Å². The van der Waals surface area contributed by atoms with Gasteiger partial charge in [-0.2, -0.15) is 0 Å². The van der Waals surface area contributed by atoms with Gasteiger partial charge >= 0.3 is 12.1 Å². The van der Waals surface area contributed by atoms with Gasteiger partial charge in [-0.25, -0.2) is 4.79 Å². The van der Waals surface area contributed by atoms with E-state index < -0.39 is 17.6 Å². The van der Waals surface area contributed by atoms with Crippen LogP contribution >= 0.6 is 0 Å². The number of carboxylic acids is 1. The monoisotopic (exact) mass is 434 g/mol. The van der Waals surface area contributed by atoms with Crippen molar-refractivity contribution in [3.8, 4) is 11.1 Å². The molecule has 7 nitrogen and oxygen atoms in total. The van der Waals surface area contributed by atoms with Gasteiger partial charge in [0.05, 0.1) is 6.42 Å². The van der Waals surface area contributed by atoms with Crippen molar-refractivity contribution in [2.75, 3.05) is 13.2 Å². The Balaban J connectivity index is 1.24. The van der Waals surface area contributed by atoms with Gasteiger partial charge in [-0.15, -0.1) is 0 Å². The molecule has 0 unspecified atom stereocenters. The van der Waals surface area contributed by atoms with E-state index in [1.807, 2.05) is 24.3 Å². The molecule has 0 saturated heterocycles. The minimum atomic E-state index is -0.955. The summed E-state index contributed by atoms with van der Waals surface area (Å²) in [7, 11) is 0. The van der Waals surface area contributed by atoms with E-state index in [4.69, 9.17) is 9.84 Å². The normalized spacial score (nSPS) is 17.8. The number of amides is 2. The van der Waals surface area contributed by atoms with E-state index in [-0.39, 0.29) is 37.4 Å². The number of rotatable bonds is 8. The first-order chi connectivity index (χ1) is 15.5. The smallest absolute Gasteiger partial charge is 0.408 e. The molecule has 7 heteroatoms. The molecule has 0 atom stereocenters. The number of fused-ring (bicyclic) bond motifs is 3. The van der Waals surface area contributed by atoms with Crippen LogP contribution in [0.5, 0.6) is 0 Å². The van der Waals surface area contributed by atoms with E-state index >= 15 is 0 Å². The SMILES string of the molecule is O=C(O)CCN(C(=O)C1(NC(=O)OCC2c3ccccc3-c3ccccc32)CC1)C1CC1. The number of carbonyl (C=O) groups excluding carboxylic acids is 2. The summed E-state index contributed by atoms with van der Waals surface area (Å²) in [6.45, 7) is 0.364. The molecule has 0 heterocycles. The minimum Gasteiger partial charge on any atom is -0.481 e. The number of alkyl carbamates (subject to hydrolysis) is 1. The summed E-state index contributed by atoms with van der Waals surface area (Å²) in [6.07, 6.45) is 2.16. The molecule has 0 bridgehead atoms. The second kappa shape index (κ2) is 7.97. The number of ether oxygens (including phenoxy) is 1. The van der Waals surface area contributed by atoms with Crippen LogP contribution in [0.2, 0.25) is 0 Å². The molecule has 3 aliphatic rings. The molecule has 2 amide bonds. The van der Waals surface area contributed by atoms with Crippen LogP contribution < -0.4 is 5.32 Å². The van der Waals surface area contributed by atoms with Gasteiger partial charge in [-0.3, -0.25) is 9.59 Å². The predicted molar refractivity (Wildman–Crippen MR) is 117 cm³/mol. The topological polar surface area (TPSA) is 95.9 Å². The quantitative estimate of drug-likeness (QED) is 0.663. The molecular weight excluding hydrogens is 408 g/mol. The van der Waals surface area contributed by atoms with Crippen molar-refractivity contribution >= 4 is 18.0 Å². The molecule has 5 rings (SSSR count). The Bertz CT molecular complexity index is 1030. The lowest BCUT2D eigenvalue weighted by Crippen LogP contribution is -2.52. The number of hydrogen-bond donors (Lipinski definition) is 2. The maximum atomic E-state index is 13.1. The highest BCUT2D eigenvalue weighted by Gasteiger charge is 2.55. The Morgan fingerprint density at radius 2 is 1.59 bits per heavy atom. The first-order valence-corrected chi connectivity index (χ1v) is 11.1. The highest BCUT2D eigenvalue weighted by Crippen LogP contribution is 2.45. The van der Waals surface area contributed by atoms with Gasteiger partial charge in [0, 0.05) is 18.5 Å². The first kappa shape index (κ1) is 20.5. The van der Waals surface area contributed by atoms with Crippen LogP contribution in [-0.4, -0.2) is 52.7 Å². The largest absolute Gasteiger partial charge is 0.481 e. The molecule has 2 aromatic rings. The summed E-state index contributed by atoms with van der Waals surface area (Å²) in [5.41, 5.74) is 3.62. The number of nitrogens with one attached hydrogen (secondary N) is 1. The van der Waals surface area contributed by atoms with Crippen LogP contribution in [0.3, 0.4) is 0 Å². The van der Waals surface area contributed by atoms with E-state index in [2.05, 4.69) is 29.6 Å². The van der Waals surface area contributed by atoms with Gasteiger partial charge in [0.2, 0.25) is 5.91 Å². The van der Waals surface area contributed by atoms with E-state index in [1.165, 1.54) is 0 Å². The van der Waals surface area contributed by atoms with E-state index in [9.17, 15) is 14.4 Å². The summed E-state index contributed by atoms with van der Waals surface area (Å²) in [4.78, 5) is 38.4. The highest BCUT2D eigenvalue weighted by molar-refractivity contribution is 5.93. The fourth-order valence-corrected chi connectivity index (χ4v) is 4.67. The number of aliphatic carboxylic acids is 1. The average Bonchev–Trinajstić information content (AvgIpc) is 3.71. The summed E-state index contributed by atoms with van der Waals surface area (Å²) in [5, 5.41) is 11.8. The van der Waals surface area contributed by atoms with Gasteiger partial charge in [0.1, 0.15) is 12.1 Å². The summed E-state index contributed by atoms with van der Waals surface area (Å²) in [5.74, 6) is -1.16. The highest BCUT2D eigenvalue weighted by atomic mass is 16.5. The van der Waals surface area contributed by atoms with Crippen LogP contribution in [0.4, 0.5) is 4.79 Å². The van der Waals surface area contributed by atoms with Crippen LogP contribution in [0.1, 0.15) is 49.1 Å². The van der Waals surface area contributed by atoms with Crippen molar-refractivity contribution in [1.82, 2.24) is 10.2 Å². The van der Waals surface area contributed by atoms with Gasteiger partial charge < -0.3 is 20.1 Å². The van der Waals surface area contributed by atoms with Gasteiger partial charge in [-0.1, -0.05) is 48.5 Å². The van der Waals surface area contributed by atoms with Crippen molar-refractivity contribution in [3.63, 3.8) is 0 Å². The Kier molecular flexibility index (Phi) is 5.12. The molecule has 32 heavy (non-hydrogen) atoms. The van der Waals surface area contributed by atoms with Crippen LogP contribution in [0.15, 0.2) is 48.5 Å². The number of carboxylic acid groups (broad SMARTS) is 1. The fourth-order valence-electron chi connectivity index (χ4n) is 4.67. The molecule has 0 aliphatic heterocycles. The molecule has 166 valence electrons. The molecule has 2 N–H and O–H groups in total. The van der Waals surface area contributed by atoms with Crippen molar-refractivity contribution in [1.29, 1.82) is 0 Å². The molecule has 2 fully saturated rings. The first-order valence-electron chi connectivity index (χ1n) is 11.1. The number of carbonyl (C=O) groups is 3. The molecular formula is C25H26N2O5. The standard InChI is InChI=1S/C25H26N2O5/c28-22(29)11-14-27(16-9-10-16)23(30)25(12-13-25)26-24(31)32-15-21-19-7-3-1-5-17(19)18-6-2-4-8-20(18)21/h1-8,16,21H,9-15H2,(H,26,31)(H,28,29). The molecule has 3 aliphatic carbocycles. The fraction of sp³-hybridized carbons (Fsp3) is 0.400. The maximum Gasteiger partial charge on any atom is 0.408 e. The zero-order valence-corrected chi connectivity index (χ0v) is 17.8. The Morgan fingerprint density at radius 3 is 2.12 bits per heavy atom. The summed E-state index contributed by atoms with van der Waals surface area (Å²) < 4.78 is 5.60. The molecule has 2 saturated carbocycles. The summed E-state index contributed by atoms with van der Waals surface area (Å²) >= 11 is 0. The van der Waals surface area contributed by atoms with Crippen LogP contribution in [0, 0.1) is 0 Å².